The van der Waals surface area contributed by atoms with Crippen molar-refractivity contribution in [3.8, 4) is 0 Å². The maximum atomic E-state index is 12.5. The highest BCUT2D eigenvalue weighted by molar-refractivity contribution is 5.69. The molecule has 0 spiro atoms. The zero-order chi connectivity index (χ0) is 43.9. The van der Waals surface area contributed by atoms with E-state index in [9.17, 15) is 9.59 Å². The van der Waals surface area contributed by atoms with Crippen molar-refractivity contribution in [1.82, 2.24) is 0 Å². The highest BCUT2D eigenvalue weighted by Gasteiger charge is 2.40. The van der Waals surface area contributed by atoms with Crippen molar-refractivity contribution < 1.29 is 28.5 Å². The molecular weight excluding hydrogens is 757 g/mol. The lowest BCUT2D eigenvalue weighted by Gasteiger charge is -2.28. The van der Waals surface area contributed by atoms with Crippen LogP contribution in [0.3, 0.4) is 0 Å². The Morgan fingerprint density at radius 1 is 0.557 bits per heavy atom. The molecule has 1 saturated heterocycles. The average Bonchev–Trinajstić information content (AvgIpc) is 3.47. The molecule has 2 rings (SSSR count). The Kier molecular flexibility index (Phi) is 35.6. The van der Waals surface area contributed by atoms with Gasteiger partial charge in [-0.05, 0) is 88.9 Å². The summed E-state index contributed by atoms with van der Waals surface area (Å²) in [5.74, 6) is 0.932. The molecule has 0 aromatic heterocycles. The molecule has 61 heavy (non-hydrogen) atoms. The molecule has 2 aliphatic rings. The monoisotopic (exact) mass is 859 g/mol. The van der Waals surface area contributed by atoms with Crippen molar-refractivity contribution in [2.75, 3.05) is 19.8 Å². The normalized spacial score (nSPS) is 16.7. The predicted molar refractivity (Wildman–Crippen MR) is 258 cm³/mol. The molecular formula is C55H102O6. The van der Waals surface area contributed by atoms with Crippen LogP contribution in [0.25, 0.3) is 0 Å². The van der Waals surface area contributed by atoms with Crippen molar-refractivity contribution in [2.45, 2.75) is 296 Å². The second-order valence-corrected chi connectivity index (χ2v) is 19.6. The van der Waals surface area contributed by atoms with Crippen molar-refractivity contribution >= 4 is 11.9 Å². The first kappa shape index (κ1) is 55.7. The molecule has 1 aliphatic heterocycles. The molecule has 2 fully saturated rings. The SMILES string of the molecule is CCCCCC(CCCCC)CCOC(=O)CCCCCCCC1(CCCCCCCC(=O)OCCC(CCCCC)CCCCC)OCC(CCC=C2CCCCCC2)O1. The maximum Gasteiger partial charge on any atom is 0.305 e. The topological polar surface area (TPSA) is 71.1 Å². The van der Waals surface area contributed by atoms with E-state index in [0.717, 1.165) is 103 Å². The van der Waals surface area contributed by atoms with E-state index >= 15 is 0 Å². The lowest BCUT2D eigenvalue weighted by Crippen LogP contribution is -2.31. The van der Waals surface area contributed by atoms with E-state index in [1.54, 1.807) is 5.57 Å². The van der Waals surface area contributed by atoms with Crippen LogP contribution in [0.4, 0.5) is 0 Å². The average molecular weight is 859 g/mol. The van der Waals surface area contributed by atoms with Crippen molar-refractivity contribution in [1.29, 1.82) is 0 Å². The minimum absolute atomic E-state index is 0.0112. The molecule has 1 unspecified atom stereocenters. The van der Waals surface area contributed by atoms with E-state index < -0.39 is 5.79 Å². The number of hydrogen-bond donors (Lipinski definition) is 0. The number of ether oxygens (including phenoxy) is 4. The molecule has 6 nitrogen and oxygen atoms in total. The molecule has 0 aromatic rings. The Balaban J connectivity index is 1.69. The van der Waals surface area contributed by atoms with E-state index in [1.165, 1.54) is 141 Å². The Labute approximate surface area is 379 Å². The fourth-order valence-corrected chi connectivity index (χ4v) is 9.82. The fourth-order valence-electron chi connectivity index (χ4n) is 9.82. The standard InChI is InChI=1S/C55H102O6/c1-5-9-21-32-50(33-22-10-6-2)42-46-58-53(56)40-27-15-13-19-29-44-55(60-48-52(61-55)39-31-38-49-36-25-17-18-26-37-49)45-30-20-14-16-28-41-54(57)59-47-43-51(34-23-11-7-3)35-24-12-8-4/h38,50-52H,5-37,39-48H2,1-4H3. The van der Waals surface area contributed by atoms with Crippen LogP contribution in [0.15, 0.2) is 11.6 Å². The van der Waals surface area contributed by atoms with Gasteiger partial charge in [0.15, 0.2) is 5.79 Å². The van der Waals surface area contributed by atoms with E-state index in [4.69, 9.17) is 18.9 Å². The Hall–Kier alpha value is -1.40. The third kappa shape index (κ3) is 30.4. The summed E-state index contributed by atoms with van der Waals surface area (Å²) in [6.45, 7) is 11.0. The molecule has 6 heteroatoms. The Morgan fingerprint density at radius 2 is 0.984 bits per heavy atom. The molecule has 1 saturated carbocycles. The predicted octanol–water partition coefficient (Wildman–Crippen LogP) is 17.0. The van der Waals surface area contributed by atoms with Gasteiger partial charge in [-0.2, -0.15) is 0 Å². The molecule has 1 aliphatic carbocycles. The van der Waals surface area contributed by atoms with Gasteiger partial charge in [-0.25, -0.2) is 0 Å². The lowest BCUT2D eigenvalue weighted by atomic mass is 9.92. The summed E-state index contributed by atoms with van der Waals surface area (Å²) in [6.07, 6.45) is 49.3. The summed E-state index contributed by atoms with van der Waals surface area (Å²) in [7, 11) is 0. The van der Waals surface area contributed by atoms with E-state index in [2.05, 4.69) is 33.8 Å². The highest BCUT2D eigenvalue weighted by Crippen LogP contribution is 2.36. The first-order valence-corrected chi connectivity index (χ1v) is 27.2. The van der Waals surface area contributed by atoms with Gasteiger partial charge in [0.1, 0.15) is 0 Å². The van der Waals surface area contributed by atoms with Crippen LogP contribution in [-0.2, 0) is 28.5 Å². The molecule has 0 radical (unpaired) electrons. The van der Waals surface area contributed by atoms with Gasteiger partial charge in [-0.1, -0.05) is 193 Å². The van der Waals surface area contributed by atoms with Crippen LogP contribution in [0, 0.1) is 11.8 Å². The fraction of sp³-hybridized carbons (Fsp3) is 0.927. The zero-order valence-corrected chi connectivity index (χ0v) is 41.2. The third-order valence-corrected chi connectivity index (χ3v) is 13.9. The summed E-state index contributed by atoms with van der Waals surface area (Å²) in [5.41, 5.74) is 1.66. The van der Waals surface area contributed by atoms with Gasteiger partial charge in [0.2, 0.25) is 0 Å². The minimum Gasteiger partial charge on any atom is -0.466 e. The number of hydrogen-bond acceptors (Lipinski definition) is 6. The summed E-state index contributed by atoms with van der Waals surface area (Å²) in [6, 6.07) is 0. The van der Waals surface area contributed by atoms with Crippen LogP contribution in [-0.4, -0.2) is 43.7 Å². The van der Waals surface area contributed by atoms with Crippen LogP contribution in [0.5, 0.6) is 0 Å². The highest BCUT2D eigenvalue weighted by atomic mass is 16.7. The number of rotatable bonds is 41. The summed E-state index contributed by atoms with van der Waals surface area (Å²) >= 11 is 0. The third-order valence-electron chi connectivity index (χ3n) is 13.9. The van der Waals surface area contributed by atoms with Crippen LogP contribution >= 0.6 is 0 Å². The van der Waals surface area contributed by atoms with Gasteiger partial charge in [0.25, 0.3) is 0 Å². The van der Waals surface area contributed by atoms with Gasteiger partial charge in [0, 0.05) is 25.7 Å². The first-order valence-electron chi connectivity index (χ1n) is 27.2. The summed E-state index contributed by atoms with van der Waals surface area (Å²) in [5, 5.41) is 0. The largest absolute Gasteiger partial charge is 0.466 e. The quantitative estimate of drug-likeness (QED) is 0.0264. The maximum absolute atomic E-state index is 12.5. The minimum atomic E-state index is -0.455. The molecule has 358 valence electrons. The zero-order valence-electron chi connectivity index (χ0n) is 41.2. The second-order valence-electron chi connectivity index (χ2n) is 19.6. The first-order chi connectivity index (χ1) is 29.9. The van der Waals surface area contributed by atoms with Crippen LogP contribution < -0.4 is 0 Å². The number of allylic oxidation sites excluding steroid dienone is 2. The smallest absolute Gasteiger partial charge is 0.305 e. The van der Waals surface area contributed by atoms with E-state index in [0.29, 0.717) is 44.5 Å². The number of unbranched alkanes of at least 4 members (excludes halogenated alkanes) is 16. The van der Waals surface area contributed by atoms with Gasteiger partial charge in [-0.15, -0.1) is 0 Å². The van der Waals surface area contributed by atoms with Gasteiger partial charge in [0.05, 0.1) is 25.9 Å². The van der Waals surface area contributed by atoms with Crippen LogP contribution in [0.1, 0.15) is 285 Å². The Morgan fingerprint density at radius 3 is 1.43 bits per heavy atom. The van der Waals surface area contributed by atoms with E-state index in [-0.39, 0.29) is 18.0 Å². The molecule has 0 N–H and O–H groups in total. The van der Waals surface area contributed by atoms with Crippen molar-refractivity contribution in [2.24, 2.45) is 11.8 Å². The van der Waals surface area contributed by atoms with Crippen molar-refractivity contribution in [3.05, 3.63) is 11.6 Å². The molecule has 0 aromatic carbocycles. The second kappa shape index (κ2) is 39.0. The molecule has 1 heterocycles. The molecule has 0 bridgehead atoms. The van der Waals surface area contributed by atoms with E-state index in [1.807, 2.05) is 0 Å². The number of carbonyl (C=O) groups is 2. The summed E-state index contributed by atoms with van der Waals surface area (Å²) < 4.78 is 24.8. The number of esters is 2. The summed E-state index contributed by atoms with van der Waals surface area (Å²) in [4.78, 5) is 25.0. The van der Waals surface area contributed by atoms with Crippen molar-refractivity contribution in [3.63, 3.8) is 0 Å². The molecule has 1 atom stereocenters. The lowest BCUT2D eigenvalue weighted by molar-refractivity contribution is -0.179. The number of carbonyl (C=O) groups excluding carboxylic acids is 2. The van der Waals surface area contributed by atoms with Gasteiger partial charge < -0.3 is 18.9 Å². The van der Waals surface area contributed by atoms with Crippen LogP contribution in [0.2, 0.25) is 0 Å². The van der Waals surface area contributed by atoms with Gasteiger partial charge in [-0.3, -0.25) is 9.59 Å². The van der Waals surface area contributed by atoms with Gasteiger partial charge >= 0.3 is 11.9 Å². The Bertz CT molecular complexity index is 969. The molecule has 0 amide bonds.